The molecular formula is C23H40LiNSSn. The van der Waals surface area contributed by atoms with Crippen LogP contribution in [0.5, 0.6) is 0 Å². The van der Waals surface area contributed by atoms with Gasteiger partial charge in [0.15, 0.2) is 0 Å². The topological polar surface area (TPSA) is 12.9 Å². The first-order valence-corrected chi connectivity index (χ1v) is 19.8. The Bertz CT molecular complexity index is 556. The Morgan fingerprint density at radius 2 is 1.33 bits per heavy atom. The molecule has 0 fully saturated rings. The van der Waals surface area contributed by atoms with Crippen LogP contribution in [-0.2, 0) is 0 Å². The van der Waals surface area contributed by atoms with Gasteiger partial charge in [-0.25, -0.2) is 0 Å². The van der Waals surface area contributed by atoms with Gasteiger partial charge >= 0.3 is 187 Å². The first-order valence-electron chi connectivity index (χ1n) is 11.5. The third-order valence-corrected chi connectivity index (χ3v) is 24.2. The second kappa shape index (κ2) is 15.4. The number of thiazole rings is 1. The van der Waals surface area contributed by atoms with Crippen molar-refractivity contribution in [3.8, 4) is 0 Å². The van der Waals surface area contributed by atoms with Crippen LogP contribution in [0.15, 0.2) is 24.3 Å². The average Bonchev–Trinajstić information content (AvgIpc) is 3.14. The molecule has 0 saturated heterocycles. The van der Waals surface area contributed by atoms with Crippen molar-refractivity contribution in [3.05, 3.63) is 24.3 Å². The van der Waals surface area contributed by atoms with Gasteiger partial charge in [-0.05, 0) is 0 Å². The molecule has 1 nitrogen and oxygen atoms in total. The van der Waals surface area contributed by atoms with Crippen molar-refractivity contribution >= 4 is 60.7 Å². The average molecular weight is 488 g/mol. The van der Waals surface area contributed by atoms with E-state index in [0.717, 1.165) is 0 Å². The van der Waals surface area contributed by atoms with Crippen molar-refractivity contribution in [3.63, 3.8) is 0 Å². The van der Waals surface area contributed by atoms with E-state index >= 15 is 0 Å². The normalized spacial score (nSPS) is 11.5. The molecule has 4 heteroatoms. The monoisotopic (exact) mass is 489 g/mol. The van der Waals surface area contributed by atoms with Crippen LogP contribution in [0.25, 0.3) is 10.2 Å². The molecule has 2 rings (SSSR count). The van der Waals surface area contributed by atoms with E-state index in [4.69, 9.17) is 4.98 Å². The number of rotatable bonds is 12. The van der Waals surface area contributed by atoms with Crippen LogP contribution in [-0.4, -0.2) is 41.1 Å². The summed E-state index contributed by atoms with van der Waals surface area (Å²) in [7, 11) is 0. The molecule has 1 aromatic heterocycles. The molecule has 0 aliphatic heterocycles. The van der Waals surface area contributed by atoms with Gasteiger partial charge in [0.1, 0.15) is 0 Å². The summed E-state index contributed by atoms with van der Waals surface area (Å²) in [5, 5.41) is 1.34. The first-order chi connectivity index (χ1) is 13.2. The van der Waals surface area contributed by atoms with Crippen molar-refractivity contribution in [2.45, 2.75) is 97.5 Å². The zero-order valence-corrected chi connectivity index (χ0v) is 22.3. The number of fused-ring (bicyclic) bond motifs is 1. The molecule has 0 bridgehead atoms. The van der Waals surface area contributed by atoms with E-state index in [1.165, 1.54) is 80.0 Å². The molecule has 2 aromatic rings. The molecule has 27 heavy (non-hydrogen) atoms. The van der Waals surface area contributed by atoms with E-state index in [0.29, 0.717) is 0 Å². The Balaban J connectivity index is 0.000000646. The van der Waals surface area contributed by atoms with Gasteiger partial charge < -0.3 is 0 Å². The van der Waals surface area contributed by atoms with Gasteiger partial charge in [0.25, 0.3) is 0 Å². The number of nitrogens with zero attached hydrogens (tertiary/aromatic N) is 1. The van der Waals surface area contributed by atoms with Gasteiger partial charge in [0.05, 0.1) is 0 Å². The van der Waals surface area contributed by atoms with E-state index in [-0.39, 0.29) is 0 Å². The number of hydrogen-bond donors (Lipinski definition) is 0. The summed E-state index contributed by atoms with van der Waals surface area (Å²) >= 11 is 1.95. The third-order valence-electron chi connectivity index (χ3n) is 5.48. The van der Waals surface area contributed by atoms with Crippen molar-refractivity contribution < 1.29 is 0 Å². The summed E-state index contributed by atoms with van der Waals surface area (Å²) in [6.07, 6.45) is 11.0. The molecule has 0 atom stereocenters. The van der Waals surface area contributed by atoms with Gasteiger partial charge in [-0.3, -0.25) is 0 Å². The molecule has 0 N–H and O–H groups in total. The molecular weight excluding hydrogens is 448 g/mol. The van der Waals surface area contributed by atoms with Crippen LogP contribution in [0.1, 0.15) is 79.1 Å². The van der Waals surface area contributed by atoms with E-state index in [9.17, 15) is 0 Å². The number of aromatic nitrogens is 1. The minimum atomic E-state index is -2.30. The summed E-state index contributed by atoms with van der Waals surface area (Å²) in [5.74, 6) is 0. The summed E-state index contributed by atoms with van der Waals surface area (Å²) in [5.41, 5.74) is 1.24. The summed E-state index contributed by atoms with van der Waals surface area (Å²) < 4.78 is 7.58. The Kier molecular flexibility index (Phi) is 14.5. The van der Waals surface area contributed by atoms with Crippen LogP contribution < -0.4 is 3.02 Å². The van der Waals surface area contributed by atoms with Gasteiger partial charge in [0.2, 0.25) is 0 Å². The fourth-order valence-corrected chi connectivity index (χ4v) is 23.3. The molecule has 1 heterocycles. The molecule has 0 radical (unpaired) electrons. The maximum absolute atomic E-state index is 5.16. The molecule has 1 aromatic carbocycles. The third kappa shape index (κ3) is 8.81. The van der Waals surface area contributed by atoms with Crippen LogP contribution in [0.2, 0.25) is 18.4 Å². The Morgan fingerprint density at radius 1 is 0.815 bits per heavy atom. The van der Waals surface area contributed by atoms with Crippen LogP contribution in [0, 0.1) is 0 Å². The number of para-hydroxylation sites is 1. The predicted molar refractivity (Wildman–Crippen MR) is 130 cm³/mol. The molecule has 0 amide bonds. The zero-order valence-electron chi connectivity index (χ0n) is 18.7. The Labute approximate surface area is 186 Å². The second-order valence-corrected chi connectivity index (χ2v) is 22.9. The van der Waals surface area contributed by atoms with Crippen molar-refractivity contribution in [1.29, 1.82) is 0 Å². The molecule has 0 unspecified atom stereocenters. The fourth-order valence-electron chi connectivity index (χ4n) is 3.69. The van der Waals surface area contributed by atoms with Gasteiger partial charge in [0, 0.05) is 0 Å². The quantitative estimate of drug-likeness (QED) is 0.279. The number of unbranched alkanes of at least 4 members (excludes halogenated alkanes) is 4. The van der Waals surface area contributed by atoms with E-state index in [2.05, 4.69) is 69.7 Å². The Morgan fingerprint density at radius 3 is 1.74 bits per heavy atom. The molecule has 0 aliphatic carbocycles. The summed E-state index contributed by atoms with van der Waals surface area (Å²) in [4.78, 5) is 5.16. The van der Waals surface area contributed by atoms with Gasteiger partial charge in [-0.2, -0.15) is 0 Å². The van der Waals surface area contributed by atoms with Crippen LogP contribution in [0.4, 0.5) is 0 Å². The van der Waals surface area contributed by atoms with Crippen LogP contribution >= 0.6 is 11.3 Å². The minimum absolute atomic E-state index is 1.24. The van der Waals surface area contributed by atoms with Crippen molar-refractivity contribution in [2.75, 3.05) is 0 Å². The standard InChI is InChI=1S/C7H4NS.4C4H9.Li.Sn/c1-2-4-7-6(3-1)8-5-9-7;4*1-3-4-2;;/h1-4H;4*1,3-4H2,2H3;;. The molecule has 0 saturated carbocycles. The van der Waals surface area contributed by atoms with E-state index in [1.54, 1.807) is 3.02 Å². The van der Waals surface area contributed by atoms with Gasteiger partial charge in [-0.1, -0.05) is 0 Å². The summed E-state index contributed by atoms with van der Waals surface area (Å²) in [6.45, 7) is 9.24. The summed E-state index contributed by atoms with van der Waals surface area (Å²) in [6, 6.07) is 8.75. The number of benzene rings is 1. The first kappa shape index (κ1) is 25.5. The SMILES string of the molecule is CCC[CH2][Sn]([CH2]CCC)([CH2]CCC)[c]1nc2ccccc2s1.[Li][CH2]CCC. The zero-order chi connectivity index (χ0) is 20.0. The Hall–Kier alpha value is 0.506. The van der Waals surface area contributed by atoms with Crippen LogP contribution in [0.3, 0.4) is 0 Å². The van der Waals surface area contributed by atoms with Crippen molar-refractivity contribution in [1.82, 2.24) is 4.98 Å². The van der Waals surface area contributed by atoms with E-state index in [1.807, 2.05) is 11.3 Å². The predicted octanol–water partition coefficient (Wildman–Crippen LogP) is 7.73. The van der Waals surface area contributed by atoms with Crippen molar-refractivity contribution in [2.24, 2.45) is 0 Å². The fraction of sp³-hybridized carbons (Fsp3) is 0.696. The molecule has 0 aliphatic rings. The molecule has 0 spiro atoms. The second-order valence-electron chi connectivity index (χ2n) is 7.93. The van der Waals surface area contributed by atoms with Gasteiger partial charge in [-0.15, -0.1) is 0 Å². The van der Waals surface area contributed by atoms with E-state index < -0.39 is 18.4 Å². The maximum atomic E-state index is 5.16. The molecule has 148 valence electrons. The number of hydrogen-bond acceptors (Lipinski definition) is 2.